The highest BCUT2D eigenvalue weighted by molar-refractivity contribution is 5.80. The minimum atomic E-state index is 0.0422. The number of likely N-dealkylation sites (tertiary alicyclic amines) is 1. The molecule has 0 spiro atoms. The Labute approximate surface area is 152 Å². The molecule has 3 heterocycles. The number of imidazole rings is 1. The maximum absolute atomic E-state index is 13.0. The number of aromatic amines is 1. The molecule has 1 amide bonds. The zero-order chi connectivity index (χ0) is 17.5. The van der Waals surface area contributed by atoms with Gasteiger partial charge in [-0.2, -0.15) is 0 Å². The van der Waals surface area contributed by atoms with Crippen LogP contribution in [-0.2, 0) is 17.6 Å². The topological polar surface area (TPSA) is 58.2 Å². The van der Waals surface area contributed by atoms with E-state index >= 15 is 0 Å². The molecule has 0 aliphatic carbocycles. The summed E-state index contributed by atoms with van der Waals surface area (Å²) in [5.74, 6) is 1.99. The summed E-state index contributed by atoms with van der Waals surface area (Å²) in [6, 6.07) is 14.2. The molecule has 0 radical (unpaired) electrons. The summed E-state index contributed by atoms with van der Waals surface area (Å²) in [6.45, 7) is 1.54. The van der Waals surface area contributed by atoms with E-state index in [1.54, 1.807) is 0 Å². The van der Waals surface area contributed by atoms with Crippen molar-refractivity contribution in [1.29, 1.82) is 0 Å². The highest BCUT2D eigenvalue weighted by Gasteiger charge is 2.32. The number of amides is 1. The number of para-hydroxylation sites is 2. The fourth-order valence-electron chi connectivity index (χ4n) is 4.08. The monoisotopic (exact) mass is 347 g/mol. The maximum atomic E-state index is 13.0. The lowest BCUT2D eigenvalue weighted by atomic mass is 10.1. The Bertz CT molecular complexity index is 945. The zero-order valence-electron chi connectivity index (χ0n) is 14.6. The molecule has 2 aliphatic heterocycles. The van der Waals surface area contributed by atoms with E-state index in [0.29, 0.717) is 6.42 Å². The van der Waals surface area contributed by atoms with Crippen LogP contribution in [0.3, 0.4) is 0 Å². The predicted octanol–water partition coefficient (Wildman–Crippen LogP) is 3.40. The van der Waals surface area contributed by atoms with Crippen LogP contribution in [0, 0.1) is 0 Å². The Morgan fingerprint density at radius 3 is 3.12 bits per heavy atom. The van der Waals surface area contributed by atoms with E-state index in [0.717, 1.165) is 60.6 Å². The quantitative estimate of drug-likeness (QED) is 0.790. The second kappa shape index (κ2) is 6.16. The standard InChI is InChI=1S/C21H21N3O2/c25-20(13-14-7-8-15-9-11-26-19(15)12-14)24-10-3-6-18(24)21-22-16-4-1-2-5-17(16)23-21/h1-2,4-5,7-8,12,18H,3,6,9-11,13H2,(H,22,23)/t18-/m1/s1. The van der Waals surface area contributed by atoms with Crippen LogP contribution in [0.1, 0.15) is 35.8 Å². The number of benzene rings is 2. The maximum Gasteiger partial charge on any atom is 0.227 e. The van der Waals surface area contributed by atoms with Gasteiger partial charge >= 0.3 is 0 Å². The van der Waals surface area contributed by atoms with Crippen molar-refractivity contribution in [2.45, 2.75) is 31.7 Å². The minimum absolute atomic E-state index is 0.0422. The lowest BCUT2D eigenvalue weighted by Gasteiger charge is -2.23. The van der Waals surface area contributed by atoms with Gasteiger partial charge in [0.1, 0.15) is 11.6 Å². The number of fused-ring (bicyclic) bond motifs is 2. The Kier molecular flexibility index (Phi) is 3.66. The number of carbonyl (C=O) groups is 1. The van der Waals surface area contributed by atoms with Gasteiger partial charge in [-0.05, 0) is 42.2 Å². The number of H-pyrrole nitrogens is 1. The van der Waals surface area contributed by atoms with E-state index in [1.165, 1.54) is 5.56 Å². The summed E-state index contributed by atoms with van der Waals surface area (Å²) >= 11 is 0. The van der Waals surface area contributed by atoms with Gasteiger partial charge in [-0.15, -0.1) is 0 Å². The fourth-order valence-corrected chi connectivity index (χ4v) is 4.08. The highest BCUT2D eigenvalue weighted by atomic mass is 16.5. The molecule has 1 atom stereocenters. The normalized spacial score (nSPS) is 18.9. The number of hydrogen-bond donors (Lipinski definition) is 1. The third-order valence-corrected chi connectivity index (χ3v) is 5.41. The molecule has 3 aromatic rings. The number of rotatable bonds is 3. The van der Waals surface area contributed by atoms with Gasteiger partial charge in [0, 0.05) is 13.0 Å². The average molecular weight is 347 g/mol. The molecule has 2 aromatic carbocycles. The number of carbonyl (C=O) groups excluding carboxylic acids is 1. The second-order valence-corrected chi connectivity index (χ2v) is 7.10. The third kappa shape index (κ3) is 2.64. The van der Waals surface area contributed by atoms with Gasteiger partial charge in [-0.1, -0.05) is 24.3 Å². The minimum Gasteiger partial charge on any atom is -0.493 e. The van der Waals surface area contributed by atoms with Gasteiger partial charge in [-0.25, -0.2) is 4.98 Å². The van der Waals surface area contributed by atoms with E-state index in [-0.39, 0.29) is 11.9 Å². The molecule has 1 N–H and O–H groups in total. The molecule has 5 nitrogen and oxygen atoms in total. The van der Waals surface area contributed by atoms with Crippen molar-refractivity contribution < 1.29 is 9.53 Å². The van der Waals surface area contributed by atoms with Crippen molar-refractivity contribution in [3.63, 3.8) is 0 Å². The van der Waals surface area contributed by atoms with E-state index in [9.17, 15) is 4.79 Å². The van der Waals surface area contributed by atoms with Crippen molar-refractivity contribution in [2.75, 3.05) is 13.2 Å². The van der Waals surface area contributed by atoms with Crippen molar-refractivity contribution in [3.05, 3.63) is 59.4 Å². The molecule has 2 aliphatic rings. The second-order valence-electron chi connectivity index (χ2n) is 7.10. The molecule has 0 bridgehead atoms. The number of hydrogen-bond acceptors (Lipinski definition) is 3. The molecular formula is C21H21N3O2. The average Bonchev–Trinajstić information content (AvgIpc) is 3.38. The van der Waals surface area contributed by atoms with Crippen molar-refractivity contribution in [3.8, 4) is 5.75 Å². The van der Waals surface area contributed by atoms with Crippen LogP contribution in [0.25, 0.3) is 11.0 Å². The van der Waals surface area contributed by atoms with Crippen LogP contribution < -0.4 is 4.74 Å². The Morgan fingerprint density at radius 1 is 1.27 bits per heavy atom. The lowest BCUT2D eigenvalue weighted by molar-refractivity contribution is -0.131. The molecule has 5 heteroatoms. The van der Waals surface area contributed by atoms with Crippen LogP contribution in [0.5, 0.6) is 5.75 Å². The van der Waals surface area contributed by atoms with Gasteiger partial charge in [-0.3, -0.25) is 4.79 Å². The van der Waals surface area contributed by atoms with E-state index < -0.39 is 0 Å². The van der Waals surface area contributed by atoms with E-state index in [2.05, 4.69) is 17.1 Å². The van der Waals surface area contributed by atoms with Crippen molar-refractivity contribution >= 4 is 16.9 Å². The first-order chi connectivity index (χ1) is 12.8. The fraction of sp³-hybridized carbons (Fsp3) is 0.333. The van der Waals surface area contributed by atoms with Gasteiger partial charge in [0.05, 0.1) is 30.1 Å². The Morgan fingerprint density at radius 2 is 2.19 bits per heavy atom. The summed E-state index contributed by atoms with van der Waals surface area (Å²) in [5.41, 5.74) is 4.24. The summed E-state index contributed by atoms with van der Waals surface area (Å²) < 4.78 is 5.63. The molecule has 5 rings (SSSR count). The summed E-state index contributed by atoms with van der Waals surface area (Å²) in [7, 11) is 0. The number of ether oxygens (including phenoxy) is 1. The first-order valence-electron chi connectivity index (χ1n) is 9.27. The molecule has 0 saturated carbocycles. The van der Waals surface area contributed by atoms with E-state index in [4.69, 9.17) is 9.72 Å². The third-order valence-electron chi connectivity index (χ3n) is 5.41. The number of nitrogens with one attached hydrogen (secondary N) is 1. The SMILES string of the molecule is O=C(Cc1ccc2c(c1)OCC2)N1CCC[C@@H]1c1nc2ccccc2[nH]1. The molecule has 1 fully saturated rings. The molecule has 1 aromatic heterocycles. The first kappa shape index (κ1) is 15.4. The van der Waals surface area contributed by atoms with Gasteiger partial charge in [0.15, 0.2) is 0 Å². The molecule has 1 saturated heterocycles. The van der Waals surface area contributed by atoms with Crippen molar-refractivity contribution in [2.24, 2.45) is 0 Å². The van der Waals surface area contributed by atoms with Gasteiger partial charge < -0.3 is 14.6 Å². The zero-order valence-corrected chi connectivity index (χ0v) is 14.6. The molecular weight excluding hydrogens is 326 g/mol. The predicted molar refractivity (Wildman–Crippen MR) is 99.1 cm³/mol. The Hall–Kier alpha value is -2.82. The van der Waals surface area contributed by atoms with Crippen LogP contribution in [0.15, 0.2) is 42.5 Å². The summed E-state index contributed by atoms with van der Waals surface area (Å²) in [5, 5.41) is 0. The Balaban J connectivity index is 1.37. The van der Waals surface area contributed by atoms with Crippen LogP contribution in [-0.4, -0.2) is 33.9 Å². The summed E-state index contributed by atoms with van der Waals surface area (Å²) in [4.78, 5) is 23.0. The van der Waals surface area contributed by atoms with Crippen molar-refractivity contribution in [1.82, 2.24) is 14.9 Å². The van der Waals surface area contributed by atoms with Gasteiger partial charge in [0.25, 0.3) is 0 Å². The number of aromatic nitrogens is 2. The largest absolute Gasteiger partial charge is 0.493 e. The molecule has 26 heavy (non-hydrogen) atoms. The van der Waals surface area contributed by atoms with Gasteiger partial charge in [0.2, 0.25) is 5.91 Å². The lowest BCUT2D eigenvalue weighted by Crippen LogP contribution is -2.32. The van der Waals surface area contributed by atoms with Crippen LogP contribution >= 0.6 is 0 Å². The first-order valence-corrected chi connectivity index (χ1v) is 9.27. The number of nitrogens with zero attached hydrogens (tertiary/aromatic N) is 2. The smallest absolute Gasteiger partial charge is 0.227 e. The molecule has 132 valence electrons. The van der Waals surface area contributed by atoms with Crippen LogP contribution in [0.4, 0.5) is 0 Å². The highest BCUT2D eigenvalue weighted by Crippen LogP contribution is 2.32. The van der Waals surface area contributed by atoms with E-state index in [1.807, 2.05) is 35.2 Å². The van der Waals surface area contributed by atoms with Crippen LogP contribution in [0.2, 0.25) is 0 Å². The summed E-state index contributed by atoms with van der Waals surface area (Å²) in [6.07, 6.45) is 3.34. The molecule has 0 unspecified atom stereocenters.